The van der Waals surface area contributed by atoms with Crippen LogP contribution in [0.2, 0.25) is 0 Å². The van der Waals surface area contributed by atoms with Crippen molar-refractivity contribution in [2.45, 2.75) is 31.7 Å². The summed E-state index contributed by atoms with van der Waals surface area (Å²) in [5, 5.41) is 1.22. The molecule has 4 rings (SSSR count). The van der Waals surface area contributed by atoms with Gasteiger partial charge in [-0.2, -0.15) is 4.31 Å². The summed E-state index contributed by atoms with van der Waals surface area (Å²) < 4.78 is 29.6. The minimum Gasteiger partial charge on any atom is -0.333 e. The lowest BCUT2D eigenvalue weighted by Crippen LogP contribution is -2.49. The van der Waals surface area contributed by atoms with Gasteiger partial charge in [0.2, 0.25) is 10.0 Å². The van der Waals surface area contributed by atoms with Gasteiger partial charge in [-0.05, 0) is 55.7 Å². The van der Waals surface area contributed by atoms with Crippen LogP contribution < -0.4 is 0 Å². The minimum atomic E-state index is -3.41. The molecule has 1 aliphatic heterocycles. The van der Waals surface area contributed by atoms with Crippen molar-refractivity contribution in [1.82, 2.24) is 18.8 Å². The molecule has 7 heteroatoms. The van der Waals surface area contributed by atoms with Gasteiger partial charge in [0, 0.05) is 57.0 Å². The molecule has 0 aliphatic carbocycles. The van der Waals surface area contributed by atoms with Gasteiger partial charge in [-0.15, -0.1) is 0 Å². The van der Waals surface area contributed by atoms with Crippen LogP contribution in [0.3, 0.4) is 0 Å². The number of hydrogen-bond acceptors (Lipinski definition) is 4. The van der Waals surface area contributed by atoms with Crippen LogP contribution in [0.5, 0.6) is 0 Å². The SMILES string of the molecule is CCn1cc(CCN2CCN(S(=O)(=O)c3cccc(C)c3)CC2)c2cccnc21. The normalized spacial score (nSPS) is 16.5. The summed E-state index contributed by atoms with van der Waals surface area (Å²) in [7, 11) is -3.41. The van der Waals surface area contributed by atoms with E-state index in [0.717, 1.165) is 43.8 Å². The lowest BCUT2D eigenvalue weighted by molar-refractivity contribution is 0.190. The molecule has 0 bridgehead atoms. The summed E-state index contributed by atoms with van der Waals surface area (Å²) in [5.74, 6) is 0. The molecule has 2 aromatic heterocycles. The highest BCUT2D eigenvalue weighted by Gasteiger charge is 2.28. The van der Waals surface area contributed by atoms with Gasteiger partial charge in [0.15, 0.2) is 0 Å². The first-order valence-electron chi connectivity index (χ1n) is 10.2. The van der Waals surface area contributed by atoms with E-state index >= 15 is 0 Å². The summed E-state index contributed by atoms with van der Waals surface area (Å²) in [5.41, 5.74) is 3.31. The van der Waals surface area contributed by atoms with E-state index in [-0.39, 0.29) is 0 Å². The minimum absolute atomic E-state index is 0.394. The number of nitrogens with zero attached hydrogens (tertiary/aromatic N) is 4. The molecular weight excluding hydrogens is 384 g/mol. The molecule has 0 saturated carbocycles. The van der Waals surface area contributed by atoms with E-state index in [1.165, 1.54) is 10.9 Å². The van der Waals surface area contributed by atoms with Gasteiger partial charge in [0.05, 0.1) is 4.90 Å². The molecule has 1 fully saturated rings. The molecule has 6 nitrogen and oxygen atoms in total. The molecule has 0 amide bonds. The highest BCUT2D eigenvalue weighted by atomic mass is 32.2. The first-order valence-corrected chi connectivity index (χ1v) is 11.6. The number of aromatic nitrogens is 2. The van der Waals surface area contributed by atoms with Crippen molar-refractivity contribution in [3.05, 3.63) is 59.9 Å². The van der Waals surface area contributed by atoms with Crippen LogP contribution >= 0.6 is 0 Å². The van der Waals surface area contributed by atoms with Crippen molar-refractivity contribution in [3.8, 4) is 0 Å². The number of pyridine rings is 1. The van der Waals surface area contributed by atoms with Gasteiger partial charge in [-0.3, -0.25) is 0 Å². The zero-order valence-corrected chi connectivity index (χ0v) is 17.9. The van der Waals surface area contributed by atoms with E-state index in [1.54, 1.807) is 22.5 Å². The maximum Gasteiger partial charge on any atom is 0.243 e. The molecule has 1 aliphatic rings. The van der Waals surface area contributed by atoms with E-state index in [4.69, 9.17) is 0 Å². The summed E-state index contributed by atoms with van der Waals surface area (Å²) in [6, 6.07) is 11.3. The largest absolute Gasteiger partial charge is 0.333 e. The van der Waals surface area contributed by atoms with Crippen molar-refractivity contribution < 1.29 is 8.42 Å². The predicted octanol–water partition coefficient (Wildman–Crippen LogP) is 2.91. The Morgan fingerprint density at radius 2 is 1.86 bits per heavy atom. The van der Waals surface area contributed by atoms with Crippen LogP contribution in [0.25, 0.3) is 11.0 Å². The first kappa shape index (κ1) is 20.1. The van der Waals surface area contributed by atoms with Crippen LogP contribution in [0.1, 0.15) is 18.1 Å². The lowest BCUT2D eigenvalue weighted by Gasteiger charge is -2.34. The fourth-order valence-corrected chi connectivity index (χ4v) is 5.56. The third-order valence-electron chi connectivity index (χ3n) is 5.71. The molecule has 3 heterocycles. The molecule has 3 aromatic rings. The summed E-state index contributed by atoms with van der Waals surface area (Å²) in [6.07, 6.45) is 4.99. The summed E-state index contributed by atoms with van der Waals surface area (Å²) in [4.78, 5) is 7.26. The number of hydrogen-bond donors (Lipinski definition) is 0. The van der Waals surface area contributed by atoms with E-state index in [1.807, 2.05) is 25.3 Å². The Morgan fingerprint density at radius 3 is 2.59 bits per heavy atom. The third kappa shape index (κ3) is 4.08. The van der Waals surface area contributed by atoms with E-state index < -0.39 is 10.0 Å². The van der Waals surface area contributed by atoms with Crippen LogP contribution in [-0.4, -0.2) is 59.9 Å². The van der Waals surface area contributed by atoms with Crippen molar-refractivity contribution in [2.75, 3.05) is 32.7 Å². The second-order valence-electron chi connectivity index (χ2n) is 7.63. The molecule has 154 valence electrons. The number of aryl methyl sites for hydroxylation is 2. The van der Waals surface area contributed by atoms with Crippen molar-refractivity contribution in [1.29, 1.82) is 0 Å². The number of rotatable bonds is 6. The van der Waals surface area contributed by atoms with Gasteiger partial charge in [-0.1, -0.05) is 12.1 Å². The first-order chi connectivity index (χ1) is 14.0. The highest BCUT2D eigenvalue weighted by Crippen LogP contribution is 2.21. The van der Waals surface area contributed by atoms with Gasteiger partial charge >= 0.3 is 0 Å². The average Bonchev–Trinajstić information content (AvgIpc) is 3.10. The van der Waals surface area contributed by atoms with E-state index in [9.17, 15) is 8.42 Å². The molecule has 0 atom stereocenters. The standard InChI is InChI=1S/C22H28N4O2S/c1-3-25-17-19(21-8-5-10-23-22(21)25)9-11-24-12-14-26(15-13-24)29(27,28)20-7-4-6-18(2)16-20/h4-8,10,16-17H,3,9,11-15H2,1-2H3. The van der Waals surface area contributed by atoms with Crippen LogP contribution in [-0.2, 0) is 23.0 Å². The average molecular weight is 413 g/mol. The van der Waals surface area contributed by atoms with Crippen LogP contribution in [0.4, 0.5) is 0 Å². The van der Waals surface area contributed by atoms with E-state index in [0.29, 0.717) is 18.0 Å². The van der Waals surface area contributed by atoms with E-state index in [2.05, 4.69) is 33.6 Å². The molecule has 0 spiro atoms. The molecule has 1 aromatic carbocycles. The number of benzene rings is 1. The monoisotopic (exact) mass is 412 g/mol. The van der Waals surface area contributed by atoms with Gasteiger partial charge in [0.1, 0.15) is 5.65 Å². The Labute approximate surface area is 172 Å². The third-order valence-corrected chi connectivity index (χ3v) is 7.61. The second kappa shape index (κ2) is 8.26. The molecule has 0 N–H and O–H groups in total. The second-order valence-corrected chi connectivity index (χ2v) is 9.57. The van der Waals surface area contributed by atoms with Crippen molar-refractivity contribution in [3.63, 3.8) is 0 Å². The molecular formula is C22H28N4O2S. The maximum atomic E-state index is 12.9. The van der Waals surface area contributed by atoms with Gasteiger partial charge < -0.3 is 9.47 Å². The molecule has 0 radical (unpaired) electrons. The molecule has 0 unspecified atom stereocenters. The quantitative estimate of drug-likeness (QED) is 0.625. The Morgan fingerprint density at radius 1 is 1.07 bits per heavy atom. The Bertz CT molecular complexity index is 1100. The zero-order valence-electron chi connectivity index (χ0n) is 17.1. The smallest absolute Gasteiger partial charge is 0.243 e. The highest BCUT2D eigenvalue weighted by molar-refractivity contribution is 7.89. The molecule has 1 saturated heterocycles. The van der Waals surface area contributed by atoms with Crippen LogP contribution in [0, 0.1) is 6.92 Å². The zero-order chi connectivity index (χ0) is 20.4. The fraction of sp³-hybridized carbons (Fsp3) is 0.409. The summed E-state index contributed by atoms with van der Waals surface area (Å²) in [6.45, 7) is 8.47. The Balaban J connectivity index is 1.38. The van der Waals surface area contributed by atoms with Crippen molar-refractivity contribution in [2.24, 2.45) is 0 Å². The number of fused-ring (bicyclic) bond motifs is 1. The summed E-state index contributed by atoms with van der Waals surface area (Å²) >= 11 is 0. The van der Waals surface area contributed by atoms with Gasteiger partial charge in [-0.25, -0.2) is 13.4 Å². The van der Waals surface area contributed by atoms with Gasteiger partial charge in [0.25, 0.3) is 0 Å². The van der Waals surface area contributed by atoms with Crippen LogP contribution in [0.15, 0.2) is 53.7 Å². The topological polar surface area (TPSA) is 58.4 Å². The number of sulfonamides is 1. The predicted molar refractivity (Wildman–Crippen MR) is 115 cm³/mol. The Hall–Kier alpha value is -2.22. The van der Waals surface area contributed by atoms with Crippen molar-refractivity contribution >= 4 is 21.1 Å². The molecule has 29 heavy (non-hydrogen) atoms. The maximum absolute atomic E-state index is 12.9. The fourth-order valence-electron chi connectivity index (χ4n) is 4.03. The lowest BCUT2D eigenvalue weighted by atomic mass is 10.1. The Kier molecular flexibility index (Phi) is 5.72. The number of piperazine rings is 1.